The molecule has 8 aromatic rings. The first-order valence-electron chi connectivity index (χ1n) is 12.0. The largest absolute Gasteiger partial charge is 0.495 e. The van der Waals surface area contributed by atoms with Crippen LogP contribution in [0.2, 0.25) is 0 Å². The summed E-state index contributed by atoms with van der Waals surface area (Å²) in [5, 5.41) is 7.56. The van der Waals surface area contributed by atoms with Crippen molar-refractivity contribution in [2.45, 2.75) is 0 Å². The van der Waals surface area contributed by atoms with Gasteiger partial charge in [0, 0.05) is 64.6 Å². The Morgan fingerprint density at radius 1 is 0.459 bits per heavy atom. The van der Waals surface area contributed by atoms with Crippen LogP contribution in [0.4, 0.5) is 0 Å². The molecule has 0 fully saturated rings. The monoisotopic (exact) mass is 482 g/mol. The van der Waals surface area contributed by atoms with E-state index in [0.29, 0.717) is 55.0 Å². The summed E-state index contributed by atoms with van der Waals surface area (Å²) in [4.78, 5) is 28.4. The van der Waals surface area contributed by atoms with Gasteiger partial charge in [0.15, 0.2) is 10.9 Å². The van der Waals surface area contributed by atoms with Crippen LogP contribution in [0.1, 0.15) is 0 Å². The molecule has 0 aliphatic carbocycles. The summed E-state index contributed by atoms with van der Waals surface area (Å²) in [6, 6.07) is 22.6. The summed E-state index contributed by atoms with van der Waals surface area (Å²) in [5.41, 5.74) is 0.893. The standard InChI is InChI=1S/C32H18O5/c1-35-29-17-11-5-7-13-19(17)31-25-23(29)21-22(28(34)16-10-4-3-9-15(16)27(21)33)24-26(25)32(37-31)20-14-8-6-12-18(20)30(24)36-2/h3-14H,1-2H3. The number of hydrogen-bond acceptors (Lipinski definition) is 5. The van der Waals surface area contributed by atoms with Crippen LogP contribution in [0.15, 0.2) is 86.8 Å². The zero-order chi connectivity index (χ0) is 25.0. The van der Waals surface area contributed by atoms with Crippen LogP contribution >= 0.6 is 0 Å². The molecule has 0 spiro atoms. The minimum absolute atomic E-state index is 0.213. The zero-order valence-corrected chi connectivity index (χ0v) is 20.0. The van der Waals surface area contributed by atoms with Crippen molar-refractivity contribution in [3.05, 3.63) is 93.2 Å². The molecule has 7 aromatic carbocycles. The molecule has 0 aliphatic heterocycles. The molecule has 1 aromatic heterocycles. The van der Waals surface area contributed by atoms with Gasteiger partial charge in [-0.25, -0.2) is 0 Å². The highest BCUT2D eigenvalue weighted by Crippen LogP contribution is 2.53. The lowest BCUT2D eigenvalue weighted by molar-refractivity contribution is 0.424. The molecule has 0 N–H and O–H groups in total. The van der Waals surface area contributed by atoms with E-state index in [1.54, 1.807) is 38.5 Å². The molecule has 0 radical (unpaired) electrons. The topological polar surface area (TPSA) is 65.7 Å². The second kappa shape index (κ2) is 6.86. The van der Waals surface area contributed by atoms with Gasteiger partial charge in [-0.05, 0) is 0 Å². The summed E-state index contributed by atoms with van der Waals surface area (Å²) < 4.78 is 18.7. The SMILES string of the molecule is COc1c2ccccc2c2oc3c4ccccc4c(OC)c4c5c(=O)c6ccccc6c(=O)c5c1c2c34. The maximum absolute atomic E-state index is 14.2. The number of rotatable bonds is 2. The summed E-state index contributed by atoms with van der Waals surface area (Å²) in [5.74, 6) is 1.10. The Kier molecular flexibility index (Phi) is 3.76. The van der Waals surface area contributed by atoms with Crippen LogP contribution in [-0.4, -0.2) is 14.2 Å². The Hall–Kier alpha value is -4.90. The normalized spacial score (nSPS) is 12.3. The molecule has 5 nitrogen and oxygen atoms in total. The van der Waals surface area contributed by atoms with Crippen LogP contribution in [0.5, 0.6) is 11.5 Å². The van der Waals surface area contributed by atoms with Crippen molar-refractivity contribution in [1.82, 2.24) is 0 Å². The summed E-state index contributed by atoms with van der Waals surface area (Å²) in [7, 11) is 3.20. The van der Waals surface area contributed by atoms with E-state index >= 15 is 0 Å². The Morgan fingerprint density at radius 3 is 1.19 bits per heavy atom. The summed E-state index contributed by atoms with van der Waals surface area (Å²) in [6.45, 7) is 0. The molecule has 37 heavy (non-hydrogen) atoms. The Bertz CT molecular complexity index is 2200. The number of benzene rings is 7. The first-order chi connectivity index (χ1) is 18.2. The van der Waals surface area contributed by atoms with Crippen LogP contribution in [-0.2, 0) is 0 Å². The van der Waals surface area contributed by atoms with Gasteiger partial charge in [-0.15, -0.1) is 0 Å². The van der Waals surface area contributed by atoms with E-state index < -0.39 is 0 Å². The van der Waals surface area contributed by atoms with Gasteiger partial charge < -0.3 is 13.9 Å². The molecule has 0 atom stereocenters. The maximum atomic E-state index is 14.2. The van der Waals surface area contributed by atoms with Crippen LogP contribution < -0.4 is 20.3 Å². The van der Waals surface area contributed by atoms with E-state index in [1.165, 1.54) is 0 Å². The highest BCUT2D eigenvalue weighted by atomic mass is 16.5. The molecule has 8 rings (SSSR count). The number of ether oxygens (including phenoxy) is 2. The smallest absolute Gasteiger partial charge is 0.195 e. The average Bonchev–Trinajstić information content (AvgIpc) is 3.35. The lowest BCUT2D eigenvalue weighted by Gasteiger charge is -2.16. The minimum Gasteiger partial charge on any atom is -0.495 e. The highest BCUT2D eigenvalue weighted by Gasteiger charge is 2.30. The fourth-order valence-electron chi connectivity index (χ4n) is 6.30. The molecule has 0 unspecified atom stereocenters. The minimum atomic E-state index is -0.213. The van der Waals surface area contributed by atoms with E-state index in [4.69, 9.17) is 13.9 Å². The third kappa shape index (κ3) is 2.25. The van der Waals surface area contributed by atoms with Gasteiger partial charge in [0.1, 0.15) is 22.7 Å². The van der Waals surface area contributed by atoms with Gasteiger partial charge in [-0.1, -0.05) is 72.8 Å². The van der Waals surface area contributed by atoms with Crippen LogP contribution in [0.25, 0.3) is 75.8 Å². The van der Waals surface area contributed by atoms with E-state index in [1.807, 2.05) is 48.5 Å². The van der Waals surface area contributed by atoms with Crippen molar-refractivity contribution in [2.75, 3.05) is 14.2 Å². The second-order valence-electron chi connectivity index (χ2n) is 9.37. The van der Waals surface area contributed by atoms with Gasteiger partial charge in [0.25, 0.3) is 0 Å². The number of fused-ring (bicyclic) bond motifs is 8. The van der Waals surface area contributed by atoms with E-state index in [-0.39, 0.29) is 10.9 Å². The van der Waals surface area contributed by atoms with Crippen molar-refractivity contribution in [2.24, 2.45) is 0 Å². The maximum Gasteiger partial charge on any atom is 0.195 e. The lowest BCUT2D eigenvalue weighted by atomic mass is 9.87. The quantitative estimate of drug-likeness (QED) is 0.197. The first kappa shape index (κ1) is 20.3. The molecular formula is C32H18O5. The fraction of sp³-hybridized carbons (Fsp3) is 0.0625. The summed E-state index contributed by atoms with van der Waals surface area (Å²) in [6.07, 6.45) is 0. The van der Waals surface area contributed by atoms with Crippen molar-refractivity contribution in [1.29, 1.82) is 0 Å². The van der Waals surface area contributed by atoms with Gasteiger partial charge >= 0.3 is 0 Å². The molecular weight excluding hydrogens is 464 g/mol. The fourth-order valence-corrected chi connectivity index (χ4v) is 6.30. The Morgan fingerprint density at radius 2 is 0.811 bits per heavy atom. The van der Waals surface area contributed by atoms with Crippen molar-refractivity contribution in [3.8, 4) is 11.5 Å². The average molecular weight is 482 g/mol. The first-order valence-corrected chi connectivity index (χ1v) is 12.0. The lowest BCUT2D eigenvalue weighted by Crippen LogP contribution is -2.14. The molecule has 1 heterocycles. The Balaban J connectivity index is 1.91. The van der Waals surface area contributed by atoms with E-state index in [9.17, 15) is 9.59 Å². The van der Waals surface area contributed by atoms with Gasteiger partial charge in [-0.3, -0.25) is 9.59 Å². The molecule has 0 saturated heterocycles. The predicted octanol–water partition coefficient (Wildman–Crippen LogP) is 6.97. The van der Waals surface area contributed by atoms with Gasteiger partial charge in [-0.2, -0.15) is 0 Å². The van der Waals surface area contributed by atoms with Crippen molar-refractivity contribution >= 4 is 75.8 Å². The molecule has 176 valence electrons. The van der Waals surface area contributed by atoms with E-state index in [0.717, 1.165) is 32.3 Å². The molecule has 0 saturated carbocycles. The molecule has 0 bridgehead atoms. The summed E-state index contributed by atoms with van der Waals surface area (Å²) >= 11 is 0. The van der Waals surface area contributed by atoms with Gasteiger partial charge in [0.2, 0.25) is 0 Å². The Labute approximate surface area is 208 Å². The third-order valence-corrected chi connectivity index (χ3v) is 7.72. The molecule has 0 aliphatic rings. The second-order valence-corrected chi connectivity index (χ2v) is 9.37. The molecule has 5 heteroatoms. The zero-order valence-electron chi connectivity index (χ0n) is 20.0. The predicted molar refractivity (Wildman–Crippen MR) is 149 cm³/mol. The third-order valence-electron chi connectivity index (χ3n) is 7.72. The highest BCUT2D eigenvalue weighted by molar-refractivity contribution is 6.42. The van der Waals surface area contributed by atoms with Crippen LogP contribution in [0.3, 0.4) is 0 Å². The van der Waals surface area contributed by atoms with Crippen molar-refractivity contribution in [3.63, 3.8) is 0 Å². The van der Waals surface area contributed by atoms with Gasteiger partial charge in [0.05, 0.1) is 14.2 Å². The number of methoxy groups -OCH3 is 2. The number of hydrogen-bond donors (Lipinski definition) is 0. The number of furan rings is 1. The molecule has 0 amide bonds. The van der Waals surface area contributed by atoms with E-state index in [2.05, 4.69) is 0 Å². The van der Waals surface area contributed by atoms with Crippen molar-refractivity contribution < 1.29 is 13.9 Å². The van der Waals surface area contributed by atoms with Crippen LogP contribution in [0, 0.1) is 0 Å².